The van der Waals surface area contributed by atoms with Gasteiger partial charge in [0.15, 0.2) is 0 Å². The highest BCUT2D eigenvalue weighted by molar-refractivity contribution is 5.84. The van der Waals surface area contributed by atoms with E-state index in [0.717, 1.165) is 6.54 Å². The van der Waals surface area contributed by atoms with Gasteiger partial charge in [0.25, 0.3) is 0 Å². The Hall–Kier alpha value is -1.38. The van der Waals surface area contributed by atoms with Crippen molar-refractivity contribution in [2.75, 3.05) is 19.7 Å². The van der Waals surface area contributed by atoms with E-state index in [0.29, 0.717) is 6.54 Å². The van der Waals surface area contributed by atoms with Crippen LogP contribution in [0.1, 0.15) is 25.0 Å². The van der Waals surface area contributed by atoms with Gasteiger partial charge >= 0.3 is 0 Å². The molecule has 0 fully saturated rings. The van der Waals surface area contributed by atoms with Crippen molar-refractivity contribution in [2.45, 2.75) is 26.2 Å². The summed E-state index contributed by atoms with van der Waals surface area (Å²) in [5.41, 5.74) is 2.69. The molecule has 0 amide bonds. The lowest BCUT2D eigenvalue weighted by molar-refractivity contribution is 0.286. The second-order valence-electron chi connectivity index (χ2n) is 5.85. The third-order valence-electron chi connectivity index (χ3n) is 3.63. The van der Waals surface area contributed by atoms with Gasteiger partial charge in [-0.25, -0.2) is 0 Å². The molecule has 19 heavy (non-hydrogen) atoms. The van der Waals surface area contributed by atoms with Gasteiger partial charge in [-0.05, 0) is 23.3 Å². The van der Waals surface area contributed by atoms with Crippen LogP contribution >= 0.6 is 0 Å². The maximum atomic E-state index is 8.84. The molecule has 2 aromatic rings. The lowest BCUT2D eigenvalue weighted by atomic mass is 9.83. The van der Waals surface area contributed by atoms with Crippen LogP contribution in [0.4, 0.5) is 0 Å². The van der Waals surface area contributed by atoms with E-state index in [1.165, 1.54) is 21.9 Å². The lowest BCUT2D eigenvalue weighted by Gasteiger charge is -2.26. The standard InChI is InChI=1S/C17H23NO/c1-13-4-5-15-11-16(7-6-14(15)10-13)17(2,3)12-18-8-9-19/h4-7,10-11,18-19H,8-9,12H2,1-3H3. The number of benzene rings is 2. The lowest BCUT2D eigenvalue weighted by Crippen LogP contribution is -2.34. The Morgan fingerprint density at radius 3 is 2.47 bits per heavy atom. The Morgan fingerprint density at radius 1 is 1.05 bits per heavy atom. The minimum Gasteiger partial charge on any atom is -0.395 e. The highest BCUT2D eigenvalue weighted by Gasteiger charge is 2.20. The molecule has 2 rings (SSSR count). The van der Waals surface area contributed by atoms with E-state index in [1.807, 2.05) is 0 Å². The number of hydrogen-bond donors (Lipinski definition) is 2. The van der Waals surface area contributed by atoms with Crippen LogP contribution < -0.4 is 5.32 Å². The highest BCUT2D eigenvalue weighted by Crippen LogP contribution is 2.26. The molecule has 0 bridgehead atoms. The molecule has 0 aromatic heterocycles. The van der Waals surface area contributed by atoms with E-state index in [2.05, 4.69) is 62.5 Å². The quantitative estimate of drug-likeness (QED) is 0.807. The molecule has 102 valence electrons. The van der Waals surface area contributed by atoms with Crippen LogP contribution in [0.15, 0.2) is 36.4 Å². The molecule has 0 aliphatic heterocycles. The maximum absolute atomic E-state index is 8.84. The topological polar surface area (TPSA) is 32.3 Å². The Balaban J connectivity index is 2.26. The molecular weight excluding hydrogens is 234 g/mol. The largest absolute Gasteiger partial charge is 0.395 e. The van der Waals surface area contributed by atoms with Crippen molar-refractivity contribution in [3.05, 3.63) is 47.5 Å². The maximum Gasteiger partial charge on any atom is 0.0555 e. The van der Waals surface area contributed by atoms with E-state index in [-0.39, 0.29) is 12.0 Å². The summed E-state index contributed by atoms with van der Waals surface area (Å²) in [5.74, 6) is 0. The van der Waals surface area contributed by atoms with Gasteiger partial charge in [0.2, 0.25) is 0 Å². The SMILES string of the molecule is Cc1ccc2cc(C(C)(C)CNCCO)ccc2c1. The number of aliphatic hydroxyl groups is 1. The van der Waals surface area contributed by atoms with Gasteiger partial charge in [-0.15, -0.1) is 0 Å². The van der Waals surface area contributed by atoms with Crippen molar-refractivity contribution in [3.8, 4) is 0 Å². The van der Waals surface area contributed by atoms with Crippen molar-refractivity contribution >= 4 is 10.8 Å². The molecule has 2 nitrogen and oxygen atoms in total. The van der Waals surface area contributed by atoms with Crippen LogP contribution in [0.3, 0.4) is 0 Å². The summed E-state index contributed by atoms with van der Waals surface area (Å²) in [6, 6.07) is 13.2. The van der Waals surface area contributed by atoms with Gasteiger partial charge in [-0.2, -0.15) is 0 Å². The zero-order chi connectivity index (χ0) is 13.9. The number of hydrogen-bond acceptors (Lipinski definition) is 2. The first-order valence-corrected chi connectivity index (χ1v) is 6.85. The van der Waals surface area contributed by atoms with E-state index in [9.17, 15) is 0 Å². The minimum atomic E-state index is 0.0637. The summed E-state index contributed by atoms with van der Waals surface area (Å²) in [6.07, 6.45) is 0. The van der Waals surface area contributed by atoms with Crippen molar-refractivity contribution in [1.82, 2.24) is 5.32 Å². The molecule has 0 radical (unpaired) electrons. The third kappa shape index (κ3) is 3.34. The molecule has 2 N–H and O–H groups in total. The van der Waals surface area contributed by atoms with Gasteiger partial charge in [-0.3, -0.25) is 0 Å². The second-order valence-corrected chi connectivity index (χ2v) is 5.85. The van der Waals surface area contributed by atoms with Crippen molar-refractivity contribution in [3.63, 3.8) is 0 Å². The molecule has 2 heteroatoms. The molecule has 0 unspecified atom stereocenters. The summed E-state index contributed by atoms with van der Waals surface area (Å²) >= 11 is 0. The fraction of sp³-hybridized carbons (Fsp3) is 0.412. The second kappa shape index (κ2) is 5.72. The average Bonchev–Trinajstić information content (AvgIpc) is 2.38. The molecule has 0 aliphatic carbocycles. The number of fused-ring (bicyclic) bond motifs is 1. The Bertz CT molecular complexity index is 560. The molecule has 0 saturated carbocycles. The first-order chi connectivity index (χ1) is 9.03. The van der Waals surface area contributed by atoms with Crippen LogP contribution in [0.5, 0.6) is 0 Å². The fourth-order valence-corrected chi connectivity index (χ4v) is 2.37. The third-order valence-corrected chi connectivity index (χ3v) is 3.63. The van der Waals surface area contributed by atoms with Gasteiger partial charge in [0.05, 0.1) is 6.61 Å². The molecule has 0 saturated heterocycles. The zero-order valence-corrected chi connectivity index (χ0v) is 12.0. The van der Waals surface area contributed by atoms with E-state index >= 15 is 0 Å². The van der Waals surface area contributed by atoms with Crippen molar-refractivity contribution in [2.24, 2.45) is 0 Å². The minimum absolute atomic E-state index is 0.0637. The summed E-state index contributed by atoms with van der Waals surface area (Å²) < 4.78 is 0. The molecule has 2 aromatic carbocycles. The predicted molar refractivity (Wildman–Crippen MR) is 81.7 cm³/mol. The number of aliphatic hydroxyl groups excluding tert-OH is 1. The average molecular weight is 257 g/mol. The Kier molecular flexibility index (Phi) is 4.23. The number of aryl methyl sites for hydroxylation is 1. The Morgan fingerprint density at radius 2 is 1.74 bits per heavy atom. The summed E-state index contributed by atoms with van der Waals surface area (Å²) in [6.45, 7) is 8.28. The first-order valence-electron chi connectivity index (χ1n) is 6.85. The predicted octanol–water partition coefficient (Wildman–Crippen LogP) is 3.01. The molecule has 0 atom stereocenters. The molecule has 0 heterocycles. The normalized spacial score (nSPS) is 12.0. The van der Waals surface area contributed by atoms with Crippen LogP contribution in [-0.4, -0.2) is 24.8 Å². The molecule has 0 aliphatic rings. The summed E-state index contributed by atoms with van der Waals surface area (Å²) in [7, 11) is 0. The monoisotopic (exact) mass is 257 g/mol. The molecule has 0 spiro atoms. The van der Waals surface area contributed by atoms with Gasteiger partial charge in [-0.1, -0.05) is 55.8 Å². The van der Waals surface area contributed by atoms with Gasteiger partial charge < -0.3 is 10.4 Å². The van der Waals surface area contributed by atoms with E-state index in [1.54, 1.807) is 0 Å². The van der Waals surface area contributed by atoms with Crippen LogP contribution in [0.2, 0.25) is 0 Å². The van der Waals surface area contributed by atoms with Crippen LogP contribution in [0, 0.1) is 6.92 Å². The summed E-state index contributed by atoms with van der Waals surface area (Å²) in [4.78, 5) is 0. The van der Waals surface area contributed by atoms with E-state index < -0.39 is 0 Å². The first kappa shape index (κ1) is 14.0. The van der Waals surface area contributed by atoms with Crippen molar-refractivity contribution < 1.29 is 5.11 Å². The zero-order valence-electron chi connectivity index (χ0n) is 12.0. The van der Waals surface area contributed by atoms with Gasteiger partial charge in [0.1, 0.15) is 0 Å². The summed E-state index contributed by atoms with van der Waals surface area (Å²) in [5, 5.41) is 14.7. The number of rotatable bonds is 5. The fourth-order valence-electron chi connectivity index (χ4n) is 2.37. The van der Waals surface area contributed by atoms with Crippen LogP contribution in [0.25, 0.3) is 10.8 Å². The van der Waals surface area contributed by atoms with Gasteiger partial charge in [0, 0.05) is 18.5 Å². The smallest absolute Gasteiger partial charge is 0.0555 e. The van der Waals surface area contributed by atoms with Crippen molar-refractivity contribution in [1.29, 1.82) is 0 Å². The number of nitrogens with one attached hydrogen (secondary N) is 1. The molecular formula is C17H23NO. The highest BCUT2D eigenvalue weighted by atomic mass is 16.3. The van der Waals surface area contributed by atoms with Crippen LogP contribution in [-0.2, 0) is 5.41 Å². The van der Waals surface area contributed by atoms with E-state index in [4.69, 9.17) is 5.11 Å². The Labute approximate surface area is 115 Å².